The maximum atomic E-state index is 12.7. The van der Waals surface area contributed by atoms with Crippen molar-refractivity contribution in [2.75, 3.05) is 6.61 Å². The van der Waals surface area contributed by atoms with Crippen LogP contribution in [-0.4, -0.2) is 30.8 Å². The number of ether oxygens (including phenoxy) is 1. The van der Waals surface area contributed by atoms with Gasteiger partial charge in [0.25, 0.3) is 0 Å². The zero-order valence-electron chi connectivity index (χ0n) is 15.0. The van der Waals surface area contributed by atoms with Crippen LogP contribution < -0.4 is 9.46 Å². The Hall–Kier alpha value is -2.64. The van der Waals surface area contributed by atoms with Crippen LogP contribution in [0.5, 0.6) is 5.75 Å². The van der Waals surface area contributed by atoms with Crippen LogP contribution in [0.15, 0.2) is 65.8 Å². The molecule has 0 saturated carbocycles. The third-order valence-corrected chi connectivity index (χ3v) is 6.17. The number of fused-ring (bicyclic) bond motifs is 1. The summed E-state index contributed by atoms with van der Waals surface area (Å²) in [4.78, 5) is 0.243. The normalized spacial score (nSPS) is 14.6. The molecule has 0 amide bonds. The zero-order valence-corrected chi connectivity index (χ0v) is 15.8. The van der Waals surface area contributed by atoms with Gasteiger partial charge in [-0.2, -0.15) is 5.10 Å². The molecule has 1 atom stereocenters. The molecule has 6 nitrogen and oxygen atoms in total. The minimum absolute atomic E-state index is 0.221. The van der Waals surface area contributed by atoms with E-state index in [2.05, 4.69) is 15.9 Å². The molecule has 1 aliphatic rings. The van der Waals surface area contributed by atoms with E-state index >= 15 is 0 Å². The molecular weight excluding hydrogens is 362 g/mol. The summed E-state index contributed by atoms with van der Waals surface area (Å²) in [5.74, 6) is 0.934. The molecule has 27 heavy (non-hydrogen) atoms. The van der Waals surface area contributed by atoms with Crippen LogP contribution >= 0.6 is 0 Å². The van der Waals surface area contributed by atoms with Crippen molar-refractivity contribution in [3.8, 4) is 11.4 Å². The van der Waals surface area contributed by atoms with Crippen molar-refractivity contribution in [1.29, 1.82) is 0 Å². The van der Waals surface area contributed by atoms with Gasteiger partial charge >= 0.3 is 0 Å². The van der Waals surface area contributed by atoms with Crippen molar-refractivity contribution in [1.82, 2.24) is 14.5 Å². The summed E-state index contributed by atoms with van der Waals surface area (Å²) in [5, 5.41) is 4.14. The lowest BCUT2D eigenvalue weighted by atomic mass is 10.0. The first kappa shape index (κ1) is 17.8. The van der Waals surface area contributed by atoms with Crippen LogP contribution in [0.2, 0.25) is 0 Å². The van der Waals surface area contributed by atoms with Crippen molar-refractivity contribution in [2.24, 2.45) is 0 Å². The Labute approximate surface area is 158 Å². The molecule has 3 aromatic rings. The van der Waals surface area contributed by atoms with Gasteiger partial charge in [-0.25, -0.2) is 17.8 Å². The van der Waals surface area contributed by atoms with Gasteiger partial charge in [0.2, 0.25) is 10.0 Å². The van der Waals surface area contributed by atoms with E-state index in [9.17, 15) is 8.42 Å². The first-order valence-electron chi connectivity index (χ1n) is 8.88. The van der Waals surface area contributed by atoms with Crippen LogP contribution in [0, 0.1) is 0 Å². The van der Waals surface area contributed by atoms with Crippen molar-refractivity contribution < 1.29 is 13.2 Å². The van der Waals surface area contributed by atoms with Crippen LogP contribution in [0.4, 0.5) is 0 Å². The summed E-state index contributed by atoms with van der Waals surface area (Å²) in [6, 6.07) is 14.3. The lowest BCUT2D eigenvalue weighted by Gasteiger charge is -2.15. The predicted octanol–water partition coefficient (Wildman–Crippen LogP) is 2.72. The summed E-state index contributed by atoms with van der Waals surface area (Å²) in [6.45, 7) is 2.59. The van der Waals surface area contributed by atoms with Gasteiger partial charge in [-0.15, -0.1) is 0 Å². The van der Waals surface area contributed by atoms with Crippen LogP contribution in [0.1, 0.15) is 18.1 Å². The Kier molecular flexibility index (Phi) is 4.72. The Morgan fingerprint density at radius 2 is 2.04 bits per heavy atom. The fourth-order valence-electron chi connectivity index (χ4n) is 3.29. The molecule has 1 aromatic heterocycles. The highest BCUT2D eigenvalue weighted by molar-refractivity contribution is 7.89. The largest absolute Gasteiger partial charge is 0.493 e. The van der Waals surface area contributed by atoms with Gasteiger partial charge in [0.05, 0.1) is 17.2 Å². The fourth-order valence-corrected chi connectivity index (χ4v) is 4.54. The molecule has 0 radical (unpaired) electrons. The predicted molar refractivity (Wildman–Crippen MR) is 103 cm³/mol. The minimum atomic E-state index is -3.58. The van der Waals surface area contributed by atoms with Crippen LogP contribution in [-0.2, 0) is 22.9 Å². The van der Waals surface area contributed by atoms with Crippen molar-refractivity contribution in [3.05, 3.63) is 72.1 Å². The van der Waals surface area contributed by atoms with E-state index in [1.54, 1.807) is 35.1 Å². The Morgan fingerprint density at radius 1 is 1.22 bits per heavy atom. The van der Waals surface area contributed by atoms with Gasteiger partial charge in [-0.3, -0.25) is 0 Å². The second-order valence-corrected chi connectivity index (χ2v) is 8.43. The number of rotatable bonds is 6. The van der Waals surface area contributed by atoms with Crippen LogP contribution in [0.3, 0.4) is 0 Å². The van der Waals surface area contributed by atoms with Gasteiger partial charge in [-0.05, 0) is 60.9 Å². The van der Waals surface area contributed by atoms with Crippen LogP contribution in [0.25, 0.3) is 5.69 Å². The summed E-state index contributed by atoms with van der Waals surface area (Å²) >= 11 is 0. The van der Waals surface area contributed by atoms with Crippen molar-refractivity contribution in [3.63, 3.8) is 0 Å². The van der Waals surface area contributed by atoms with Gasteiger partial charge < -0.3 is 4.74 Å². The fraction of sp³-hybridized carbons (Fsp3) is 0.250. The number of aromatic nitrogens is 2. The molecule has 2 heterocycles. The number of nitrogens with one attached hydrogen (secondary N) is 1. The van der Waals surface area contributed by atoms with E-state index in [1.807, 2.05) is 31.3 Å². The van der Waals surface area contributed by atoms with Gasteiger partial charge in [-0.1, -0.05) is 12.1 Å². The van der Waals surface area contributed by atoms with E-state index in [-0.39, 0.29) is 10.9 Å². The minimum Gasteiger partial charge on any atom is -0.493 e. The Morgan fingerprint density at radius 3 is 2.78 bits per heavy atom. The second kappa shape index (κ2) is 7.17. The molecule has 140 valence electrons. The first-order chi connectivity index (χ1) is 13.0. The molecule has 7 heteroatoms. The maximum Gasteiger partial charge on any atom is 0.240 e. The molecule has 2 aromatic carbocycles. The molecule has 0 unspecified atom stereocenters. The molecule has 0 spiro atoms. The lowest BCUT2D eigenvalue weighted by molar-refractivity contribution is 0.357. The monoisotopic (exact) mass is 383 g/mol. The highest BCUT2D eigenvalue weighted by Crippen LogP contribution is 2.26. The number of hydrogen-bond acceptors (Lipinski definition) is 4. The third kappa shape index (κ3) is 3.89. The average Bonchev–Trinajstić information content (AvgIpc) is 3.33. The van der Waals surface area contributed by atoms with E-state index in [1.165, 1.54) is 5.56 Å². The number of hydrogen-bond donors (Lipinski definition) is 1. The van der Waals surface area contributed by atoms with Gasteiger partial charge in [0.15, 0.2) is 0 Å². The first-order valence-corrected chi connectivity index (χ1v) is 10.4. The SMILES string of the molecule is C[C@H](Cc1ccc2c(c1)CCO2)NS(=O)(=O)c1ccc(-n2cccn2)cc1. The maximum absolute atomic E-state index is 12.7. The standard InChI is InChI=1S/C20H21N3O3S/c1-15(13-16-3-8-20-17(14-16)9-12-26-20)22-27(24,25)19-6-4-18(5-7-19)23-11-2-10-21-23/h2-8,10-11,14-15,22H,9,12-13H2,1H3/t15-/m1/s1. The molecular formula is C20H21N3O3S. The summed E-state index contributed by atoms with van der Waals surface area (Å²) in [7, 11) is -3.58. The van der Waals surface area contributed by atoms with E-state index in [0.717, 1.165) is 30.0 Å². The average molecular weight is 383 g/mol. The number of nitrogens with zero attached hydrogens (tertiary/aromatic N) is 2. The number of sulfonamides is 1. The highest BCUT2D eigenvalue weighted by atomic mass is 32.2. The second-order valence-electron chi connectivity index (χ2n) is 6.71. The lowest BCUT2D eigenvalue weighted by Crippen LogP contribution is -2.34. The summed E-state index contributed by atoms with van der Waals surface area (Å²) in [6.07, 6.45) is 5.02. The zero-order chi connectivity index (χ0) is 18.9. The quantitative estimate of drug-likeness (QED) is 0.710. The van der Waals surface area contributed by atoms with E-state index < -0.39 is 10.0 Å². The Bertz CT molecular complexity index is 1030. The third-order valence-electron chi connectivity index (χ3n) is 4.57. The molecule has 0 bridgehead atoms. The summed E-state index contributed by atoms with van der Waals surface area (Å²) < 4.78 is 35.3. The molecule has 0 saturated heterocycles. The number of benzene rings is 2. The molecule has 0 aliphatic carbocycles. The van der Waals surface area contributed by atoms with E-state index in [4.69, 9.17) is 4.74 Å². The highest BCUT2D eigenvalue weighted by Gasteiger charge is 2.19. The van der Waals surface area contributed by atoms with Gasteiger partial charge in [0.1, 0.15) is 5.75 Å². The van der Waals surface area contributed by atoms with Crippen molar-refractivity contribution >= 4 is 10.0 Å². The van der Waals surface area contributed by atoms with Crippen molar-refractivity contribution in [2.45, 2.75) is 30.7 Å². The smallest absolute Gasteiger partial charge is 0.240 e. The Balaban J connectivity index is 1.44. The van der Waals surface area contributed by atoms with Gasteiger partial charge in [0, 0.05) is 24.9 Å². The molecule has 1 N–H and O–H groups in total. The summed E-state index contributed by atoms with van der Waals surface area (Å²) in [5.41, 5.74) is 3.10. The topological polar surface area (TPSA) is 73.2 Å². The molecule has 1 aliphatic heterocycles. The van der Waals surface area contributed by atoms with E-state index in [0.29, 0.717) is 6.42 Å². The molecule has 4 rings (SSSR count). The molecule has 0 fully saturated rings.